The number of hydrogen-bond donors (Lipinski definition) is 1. The summed E-state index contributed by atoms with van der Waals surface area (Å²) in [5, 5.41) is 10.4. The number of rotatable bonds is 4. The summed E-state index contributed by atoms with van der Waals surface area (Å²) in [5.41, 5.74) is -1.42. The molecule has 1 aliphatic rings. The standard InChI is InChI=1S/C14H17F3O/c1-2-13(18,11-7-8-11)9-10-5-3-4-6-12(10)14(15,16)17/h3-6,11,18H,2,7-9H2,1H3. The summed E-state index contributed by atoms with van der Waals surface area (Å²) < 4.78 is 38.6. The van der Waals surface area contributed by atoms with Crippen molar-refractivity contribution < 1.29 is 18.3 Å². The zero-order valence-corrected chi connectivity index (χ0v) is 10.3. The Hall–Kier alpha value is -1.03. The van der Waals surface area contributed by atoms with Gasteiger partial charge in [0.1, 0.15) is 0 Å². The van der Waals surface area contributed by atoms with E-state index in [2.05, 4.69) is 0 Å². The molecule has 1 N–H and O–H groups in total. The number of aliphatic hydroxyl groups is 1. The monoisotopic (exact) mass is 258 g/mol. The van der Waals surface area contributed by atoms with Gasteiger partial charge in [0.2, 0.25) is 0 Å². The molecule has 100 valence electrons. The van der Waals surface area contributed by atoms with Crippen LogP contribution in [0.1, 0.15) is 37.3 Å². The molecule has 1 atom stereocenters. The third kappa shape index (κ3) is 2.69. The molecule has 0 amide bonds. The second kappa shape index (κ2) is 4.57. The minimum atomic E-state index is -4.35. The van der Waals surface area contributed by atoms with Crippen molar-refractivity contribution in [2.24, 2.45) is 5.92 Å². The lowest BCUT2D eigenvalue weighted by Crippen LogP contribution is -2.34. The lowest BCUT2D eigenvalue weighted by atomic mass is 9.85. The second-order valence-electron chi connectivity index (χ2n) is 5.06. The maximum Gasteiger partial charge on any atom is 0.416 e. The van der Waals surface area contributed by atoms with Crippen LogP contribution in [-0.4, -0.2) is 10.7 Å². The van der Waals surface area contributed by atoms with Crippen LogP contribution in [0.15, 0.2) is 24.3 Å². The zero-order valence-electron chi connectivity index (χ0n) is 10.3. The molecule has 0 saturated heterocycles. The molecule has 1 fully saturated rings. The predicted octanol–water partition coefficient (Wildman–Crippen LogP) is 3.80. The highest BCUT2D eigenvalue weighted by atomic mass is 19.4. The Morgan fingerprint density at radius 1 is 1.22 bits per heavy atom. The summed E-state index contributed by atoms with van der Waals surface area (Å²) >= 11 is 0. The van der Waals surface area contributed by atoms with Crippen molar-refractivity contribution in [2.45, 2.75) is 44.4 Å². The van der Waals surface area contributed by atoms with Gasteiger partial charge in [-0.2, -0.15) is 13.2 Å². The Morgan fingerprint density at radius 2 is 1.83 bits per heavy atom. The molecule has 18 heavy (non-hydrogen) atoms. The van der Waals surface area contributed by atoms with Crippen molar-refractivity contribution in [3.63, 3.8) is 0 Å². The molecular formula is C14H17F3O. The van der Waals surface area contributed by atoms with E-state index >= 15 is 0 Å². The summed E-state index contributed by atoms with van der Waals surface area (Å²) in [6.07, 6.45) is -1.94. The lowest BCUT2D eigenvalue weighted by molar-refractivity contribution is -0.138. The third-order valence-corrected chi connectivity index (χ3v) is 3.77. The van der Waals surface area contributed by atoms with Gasteiger partial charge in [0.05, 0.1) is 11.2 Å². The van der Waals surface area contributed by atoms with Gasteiger partial charge in [-0.3, -0.25) is 0 Å². The van der Waals surface area contributed by atoms with Crippen LogP contribution in [0.4, 0.5) is 13.2 Å². The summed E-state index contributed by atoms with van der Waals surface area (Å²) in [6, 6.07) is 5.52. The van der Waals surface area contributed by atoms with Gasteiger partial charge in [0.15, 0.2) is 0 Å². The smallest absolute Gasteiger partial charge is 0.389 e. The van der Waals surface area contributed by atoms with Crippen LogP contribution in [0.3, 0.4) is 0 Å². The highest BCUT2D eigenvalue weighted by molar-refractivity contribution is 5.31. The molecule has 0 heterocycles. The molecule has 0 bridgehead atoms. The van der Waals surface area contributed by atoms with Gasteiger partial charge >= 0.3 is 6.18 Å². The van der Waals surface area contributed by atoms with E-state index in [-0.39, 0.29) is 17.9 Å². The van der Waals surface area contributed by atoms with Gasteiger partial charge in [-0.25, -0.2) is 0 Å². The zero-order chi connectivity index (χ0) is 13.4. The van der Waals surface area contributed by atoms with E-state index in [4.69, 9.17) is 0 Å². The van der Waals surface area contributed by atoms with Crippen molar-refractivity contribution in [1.82, 2.24) is 0 Å². The second-order valence-corrected chi connectivity index (χ2v) is 5.06. The van der Waals surface area contributed by atoms with E-state index in [0.717, 1.165) is 18.9 Å². The van der Waals surface area contributed by atoms with E-state index in [1.54, 1.807) is 6.07 Å². The Labute approximate surface area is 105 Å². The number of benzene rings is 1. The summed E-state index contributed by atoms with van der Waals surface area (Å²) in [5.74, 6) is 0.156. The lowest BCUT2D eigenvalue weighted by Gasteiger charge is -2.28. The maximum absolute atomic E-state index is 12.9. The fourth-order valence-corrected chi connectivity index (χ4v) is 2.46. The van der Waals surface area contributed by atoms with Gasteiger partial charge in [-0.15, -0.1) is 0 Å². The van der Waals surface area contributed by atoms with Gasteiger partial charge < -0.3 is 5.11 Å². The maximum atomic E-state index is 12.9. The highest BCUT2D eigenvalue weighted by Crippen LogP contribution is 2.44. The molecular weight excluding hydrogens is 241 g/mol. The molecule has 1 aromatic carbocycles. The van der Waals surface area contributed by atoms with E-state index in [9.17, 15) is 18.3 Å². The molecule has 1 saturated carbocycles. The Bertz CT molecular complexity index is 423. The quantitative estimate of drug-likeness (QED) is 0.871. The normalized spacial score (nSPS) is 19.6. The fourth-order valence-electron chi connectivity index (χ4n) is 2.46. The third-order valence-electron chi connectivity index (χ3n) is 3.77. The Kier molecular flexibility index (Phi) is 3.41. The molecule has 1 unspecified atom stereocenters. The molecule has 2 rings (SSSR count). The molecule has 0 aliphatic heterocycles. The van der Waals surface area contributed by atoms with Gasteiger partial charge in [0, 0.05) is 6.42 Å². The van der Waals surface area contributed by atoms with E-state index in [0.29, 0.717) is 6.42 Å². The SMILES string of the molecule is CCC(O)(Cc1ccccc1C(F)(F)F)C1CC1. The van der Waals surface area contributed by atoms with Crippen LogP contribution < -0.4 is 0 Å². The first kappa shape index (κ1) is 13.4. The highest BCUT2D eigenvalue weighted by Gasteiger charge is 2.44. The minimum absolute atomic E-state index is 0.0872. The van der Waals surface area contributed by atoms with Gasteiger partial charge in [-0.1, -0.05) is 25.1 Å². The predicted molar refractivity (Wildman–Crippen MR) is 63.1 cm³/mol. The Balaban J connectivity index is 2.28. The fraction of sp³-hybridized carbons (Fsp3) is 0.571. The van der Waals surface area contributed by atoms with Gasteiger partial charge in [0.25, 0.3) is 0 Å². The first-order valence-corrected chi connectivity index (χ1v) is 6.24. The van der Waals surface area contributed by atoms with Crippen LogP contribution >= 0.6 is 0 Å². The summed E-state index contributed by atoms with van der Waals surface area (Å²) in [6.45, 7) is 1.83. The van der Waals surface area contributed by atoms with E-state index in [1.807, 2.05) is 6.92 Å². The van der Waals surface area contributed by atoms with Crippen LogP contribution in [0.2, 0.25) is 0 Å². The molecule has 4 heteroatoms. The van der Waals surface area contributed by atoms with Crippen molar-refractivity contribution >= 4 is 0 Å². The topological polar surface area (TPSA) is 20.2 Å². The summed E-state index contributed by atoms with van der Waals surface area (Å²) in [4.78, 5) is 0. The number of halogens is 3. The van der Waals surface area contributed by atoms with Crippen molar-refractivity contribution in [1.29, 1.82) is 0 Å². The molecule has 1 nitrogen and oxygen atoms in total. The van der Waals surface area contributed by atoms with Crippen molar-refractivity contribution in [3.05, 3.63) is 35.4 Å². The van der Waals surface area contributed by atoms with Crippen LogP contribution in [0.5, 0.6) is 0 Å². The molecule has 1 aromatic rings. The molecule has 0 spiro atoms. The average molecular weight is 258 g/mol. The van der Waals surface area contributed by atoms with Crippen LogP contribution in [0.25, 0.3) is 0 Å². The molecule has 0 radical (unpaired) electrons. The van der Waals surface area contributed by atoms with Crippen LogP contribution in [-0.2, 0) is 12.6 Å². The van der Waals surface area contributed by atoms with Gasteiger partial charge in [-0.05, 0) is 36.8 Å². The largest absolute Gasteiger partial charge is 0.416 e. The number of hydrogen-bond acceptors (Lipinski definition) is 1. The number of alkyl halides is 3. The van der Waals surface area contributed by atoms with Crippen molar-refractivity contribution in [2.75, 3.05) is 0 Å². The first-order valence-electron chi connectivity index (χ1n) is 6.24. The van der Waals surface area contributed by atoms with E-state index < -0.39 is 17.3 Å². The van der Waals surface area contributed by atoms with E-state index in [1.165, 1.54) is 12.1 Å². The minimum Gasteiger partial charge on any atom is -0.389 e. The first-order chi connectivity index (χ1) is 8.37. The van der Waals surface area contributed by atoms with Crippen molar-refractivity contribution in [3.8, 4) is 0 Å². The molecule has 1 aliphatic carbocycles. The Morgan fingerprint density at radius 3 is 2.33 bits per heavy atom. The van der Waals surface area contributed by atoms with Crippen LogP contribution in [0, 0.1) is 5.92 Å². The summed E-state index contributed by atoms with van der Waals surface area (Å²) in [7, 11) is 0. The molecule has 0 aromatic heterocycles. The average Bonchev–Trinajstić information content (AvgIpc) is 3.12.